The van der Waals surface area contributed by atoms with E-state index in [1.165, 1.54) is 43.2 Å². The lowest BCUT2D eigenvalue weighted by Gasteiger charge is -2.11. The summed E-state index contributed by atoms with van der Waals surface area (Å²) in [4.78, 5) is 5.08. The Morgan fingerprint density at radius 1 is 0.929 bits per heavy atom. The van der Waals surface area contributed by atoms with E-state index >= 15 is 0 Å². The molecule has 0 bridgehead atoms. The fourth-order valence-electron chi connectivity index (χ4n) is 6.31. The Kier molecular flexibility index (Phi) is 8.50. The topological polar surface area (TPSA) is 58.6 Å². The van der Waals surface area contributed by atoms with Gasteiger partial charge in [0.05, 0.1) is 11.4 Å². The minimum atomic E-state index is 0.297. The van der Waals surface area contributed by atoms with Gasteiger partial charge in [0.1, 0.15) is 5.75 Å². The van der Waals surface area contributed by atoms with E-state index in [2.05, 4.69) is 66.7 Å². The Labute approximate surface area is 248 Å². The zero-order valence-electron chi connectivity index (χ0n) is 24.8. The minimum absolute atomic E-state index is 0.297. The molecule has 0 saturated carbocycles. The normalized spacial score (nSPS) is 18.5. The number of benzene rings is 3. The minimum Gasteiger partial charge on any atom is -0.508 e. The SMILES string of the molecule is Cc1cc(-c2ccccc2Cc2c(O)ccc3c2=CC(=Nc2ccc(C4=CCCCC(C)CCC4)cc2)CCC=3)on1. The summed E-state index contributed by atoms with van der Waals surface area (Å²) < 4.78 is 5.59. The molecule has 0 fully saturated rings. The van der Waals surface area contributed by atoms with Crippen molar-refractivity contribution in [2.75, 3.05) is 0 Å². The lowest BCUT2D eigenvalue weighted by Crippen LogP contribution is -2.29. The predicted molar refractivity (Wildman–Crippen MR) is 173 cm³/mol. The summed E-state index contributed by atoms with van der Waals surface area (Å²) >= 11 is 0. The number of nitrogens with zero attached hydrogens (tertiary/aromatic N) is 2. The van der Waals surface area contributed by atoms with Crippen molar-refractivity contribution in [3.8, 4) is 17.1 Å². The lowest BCUT2D eigenvalue weighted by atomic mass is 9.95. The molecular formula is C38H40N2O2. The van der Waals surface area contributed by atoms with Gasteiger partial charge in [-0.25, -0.2) is 0 Å². The van der Waals surface area contributed by atoms with Gasteiger partial charge in [0.25, 0.3) is 0 Å². The highest BCUT2D eigenvalue weighted by Crippen LogP contribution is 2.30. The third kappa shape index (κ3) is 6.49. The largest absolute Gasteiger partial charge is 0.508 e. The molecule has 2 aliphatic carbocycles. The molecule has 1 heterocycles. The second kappa shape index (κ2) is 12.8. The number of rotatable bonds is 5. The van der Waals surface area contributed by atoms with Gasteiger partial charge in [0, 0.05) is 29.3 Å². The van der Waals surface area contributed by atoms with Crippen molar-refractivity contribution in [3.63, 3.8) is 0 Å². The molecule has 1 aromatic heterocycles. The van der Waals surface area contributed by atoms with Gasteiger partial charge in [-0.1, -0.05) is 79.5 Å². The molecule has 0 radical (unpaired) electrons. The van der Waals surface area contributed by atoms with Crippen molar-refractivity contribution in [1.82, 2.24) is 5.16 Å². The molecule has 4 nitrogen and oxygen atoms in total. The average molecular weight is 557 g/mol. The molecule has 3 aromatic carbocycles. The van der Waals surface area contributed by atoms with Crippen LogP contribution in [0.5, 0.6) is 5.75 Å². The maximum Gasteiger partial charge on any atom is 0.167 e. The van der Waals surface area contributed by atoms with Crippen molar-refractivity contribution in [2.24, 2.45) is 10.9 Å². The van der Waals surface area contributed by atoms with Crippen LogP contribution in [0.3, 0.4) is 0 Å². The number of hydrogen-bond acceptors (Lipinski definition) is 4. The molecular weight excluding hydrogens is 516 g/mol. The van der Waals surface area contributed by atoms with Crippen LogP contribution >= 0.6 is 0 Å². The molecule has 6 rings (SSSR count). The van der Waals surface area contributed by atoms with E-state index < -0.39 is 0 Å². The summed E-state index contributed by atoms with van der Waals surface area (Å²) in [5.41, 5.74) is 8.62. The van der Waals surface area contributed by atoms with Gasteiger partial charge < -0.3 is 9.63 Å². The lowest BCUT2D eigenvalue weighted by molar-refractivity contribution is 0.426. The van der Waals surface area contributed by atoms with Crippen LogP contribution in [-0.4, -0.2) is 16.0 Å². The van der Waals surface area contributed by atoms with Crippen LogP contribution in [0, 0.1) is 12.8 Å². The van der Waals surface area contributed by atoms with E-state index in [-0.39, 0.29) is 0 Å². The van der Waals surface area contributed by atoms with Crippen LogP contribution in [-0.2, 0) is 6.42 Å². The Bertz CT molecular complexity index is 1740. The summed E-state index contributed by atoms with van der Waals surface area (Å²) in [5, 5.41) is 17.3. The average Bonchev–Trinajstić information content (AvgIpc) is 3.37. The van der Waals surface area contributed by atoms with Crippen molar-refractivity contribution in [1.29, 1.82) is 0 Å². The molecule has 4 aromatic rings. The Morgan fingerprint density at radius 2 is 1.76 bits per heavy atom. The van der Waals surface area contributed by atoms with Gasteiger partial charge >= 0.3 is 0 Å². The van der Waals surface area contributed by atoms with Crippen molar-refractivity contribution in [3.05, 3.63) is 106 Å². The van der Waals surface area contributed by atoms with E-state index in [1.54, 1.807) is 0 Å². The number of hydrogen-bond donors (Lipinski definition) is 1. The zero-order chi connectivity index (χ0) is 28.9. The van der Waals surface area contributed by atoms with Gasteiger partial charge in [-0.05, 0) is 103 Å². The highest BCUT2D eigenvalue weighted by atomic mass is 16.5. The first-order chi connectivity index (χ1) is 20.5. The highest BCUT2D eigenvalue weighted by molar-refractivity contribution is 6.12. The molecule has 1 N–H and O–H groups in total. The predicted octanol–water partition coefficient (Wildman–Crippen LogP) is 8.45. The van der Waals surface area contributed by atoms with Crippen LogP contribution in [0.1, 0.15) is 80.7 Å². The third-order valence-corrected chi connectivity index (χ3v) is 8.67. The Hall–Kier alpha value is -4.18. The number of aromatic hydroxyl groups is 1. The summed E-state index contributed by atoms with van der Waals surface area (Å²) in [6.07, 6.45) is 16.8. The molecule has 2 aliphatic rings. The molecule has 42 heavy (non-hydrogen) atoms. The first-order valence-corrected chi connectivity index (χ1v) is 15.4. The quantitative estimate of drug-likeness (QED) is 0.268. The van der Waals surface area contributed by atoms with Gasteiger partial charge in [-0.2, -0.15) is 0 Å². The van der Waals surface area contributed by atoms with Crippen LogP contribution in [0.25, 0.3) is 29.0 Å². The maximum atomic E-state index is 11.1. The van der Waals surface area contributed by atoms with Gasteiger partial charge in [0.15, 0.2) is 5.76 Å². The summed E-state index contributed by atoms with van der Waals surface area (Å²) in [5.74, 6) is 1.88. The van der Waals surface area contributed by atoms with Crippen LogP contribution < -0.4 is 10.4 Å². The Balaban J connectivity index is 1.31. The van der Waals surface area contributed by atoms with E-state index in [0.717, 1.165) is 75.2 Å². The van der Waals surface area contributed by atoms with Crippen LogP contribution in [0.2, 0.25) is 0 Å². The first kappa shape index (κ1) is 28.0. The first-order valence-electron chi connectivity index (χ1n) is 15.4. The third-order valence-electron chi connectivity index (χ3n) is 8.67. The summed E-state index contributed by atoms with van der Waals surface area (Å²) in [7, 11) is 0. The second-order valence-corrected chi connectivity index (χ2v) is 11.9. The molecule has 0 saturated heterocycles. The summed E-state index contributed by atoms with van der Waals surface area (Å²) in [6.45, 7) is 4.32. The maximum absolute atomic E-state index is 11.1. The van der Waals surface area contributed by atoms with Gasteiger partial charge in [0.2, 0.25) is 0 Å². The van der Waals surface area contributed by atoms with E-state index in [0.29, 0.717) is 12.2 Å². The standard InChI is InChI=1S/C38H40N2O2/c1-26-9-3-4-11-28(13-7-10-26)29-17-20-32(21-18-29)39-33-15-8-14-30-19-22-37(41)36(35(30)25-33)24-31-12-5-6-16-34(31)38-23-27(2)40-42-38/h5-6,11-12,14,16-23,25-26,41H,3-4,7-10,13,15,24H2,1-2H3. The van der Waals surface area contributed by atoms with Gasteiger partial charge in [-0.15, -0.1) is 0 Å². The fraction of sp³-hybridized carbons (Fsp3) is 0.316. The van der Waals surface area contributed by atoms with E-state index in [9.17, 15) is 5.11 Å². The molecule has 1 unspecified atom stereocenters. The molecule has 1 atom stereocenters. The van der Waals surface area contributed by atoms with Crippen LogP contribution in [0.4, 0.5) is 5.69 Å². The molecule has 0 spiro atoms. The summed E-state index contributed by atoms with van der Waals surface area (Å²) in [6, 6.07) is 22.7. The van der Waals surface area contributed by atoms with Crippen molar-refractivity contribution < 1.29 is 9.63 Å². The number of aryl methyl sites for hydroxylation is 1. The number of aliphatic imine (C=N–C) groups is 1. The van der Waals surface area contributed by atoms with E-state index in [4.69, 9.17) is 9.52 Å². The van der Waals surface area contributed by atoms with Crippen LogP contribution in [0.15, 0.2) is 82.3 Å². The Morgan fingerprint density at radius 3 is 2.60 bits per heavy atom. The fourth-order valence-corrected chi connectivity index (χ4v) is 6.31. The molecule has 4 heteroatoms. The smallest absolute Gasteiger partial charge is 0.167 e. The van der Waals surface area contributed by atoms with Crippen molar-refractivity contribution in [2.45, 2.75) is 71.6 Å². The zero-order valence-corrected chi connectivity index (χ0v) is 24.8. The molecule has 0 amide bonds. The monoisotopic (exact) mass is 556 g/mol. The highest BCUT2D eigenvalue weighted by Gasteiger charge is 2.15. The number of phenolic OH excluding ortho intramolecular Hbond substituents is 1. The number of phenols is 1. The second-order valence-electron chi connectivity index (χ2n) is 11.9. The number of allylic oxidation sites excluding steroid dienone is 2. The molecule has 0 aliphatic heterocycles. The van der Waals surface area contributed by atoms with E-state index in [1.807, 2.05) is 37.3 Å². The van der Waals surface area contributed by atoms with Gasteiger partial charge in [-0.3, -0.25) is 4.99 Å². The number of aromatic nitrogens is 1. The molecule has 214 valence electrons. The van der Waals surface area contributed by atoms with Crippen molar-refractivity contribution >= 4 is 29.1 Å². The number of fused-ring (bicyclic) bond motifs is 1.